The highest BCUT2D eigenvalue weighted by molar-refractivity contribution is 7.89. The fourth-order valence-electron chi connectivity index (χ4n) is 5.27. The van der Waals surface area contributed by atoms with Crippen molar-refractivity contribution in [1.29, 1.82) is 0 Å². The van der Waals surface area contributed by atoms with E-state index in [2.05, 4.69) is 5.32 Å². The third-order valence-corrected chi connectivity index (χ3v) is 9.22. The number of imide groups is 1. The molecule has 1 atom stereocenters. The second-order valence-corrected chi connectivity index (χ2v) is 11.4. The summed E-state index contributed by atoms with van der Waals surface area (Å²) >= 11 is 0. The lowest BCUT2D eigenvalue weighted by Gasteiger charge is -2.31. The minimum absolute atomic E-state index is 0.0479. The molecule has 4 amide bonds. The van der Waals surface area contributed by atoms with E-state index in [9.17, 15) is 27.6 Å². The number of primary amides is 1. The summed E-state index contributed by atoms with van der Waals surface area (Å²) in [4.78, 5) is 49.3. The maximum atomic E-state index is 15.1. The third kappa shape index (κ3) is 4.51. The number of hydrogen-bond donors (Lipinski definition) is 2. The smallest absolute Gasteiger partial charge is 0.255 e. The van der Waals surface area contributed by atoms with Gasteiger partial charge in [-0.2, -0.15) is 4.31 Å². The third-order valence-electron chi connectivity index (χ3n) is 7.31. The minimum Gasteiger partial charge on any atom is -0.366 e. The van der Waals surface area contributed by atoms with Crippen LogP contribution in [0, 0.1) is 5.82 Å². The van der Waals surface area contributed by atoms with Gasteiger partial charge in [0.2, 0.25) is 27.7 Å². The molecule has 194 valence electrons. The monoisotopic (exact) mass is 528 g/mol. The summed E-state index contributed by atoms with van der Waals surface area (Å²) < 4.78 is 42.6. The first kappa shape index (κ1) is 25.0. The number of sulfonamides is 1. The number of fused-ring (bicyclic) bond motifs is 1. The molecule has 2 saturated heterocycles. The molecule has 2 fully saturated rings. The van der Waals surface area contributed by atoms with Crippen LogP contribution in [0.3, 0.4) is 0 Å². The lowest BCUT2D eigenvalue weighted by molar-refractivity contribution is -0.136. The van der Waals surface area contributed by atoms with E-state index in [1.807, 2.05) is 0 Å². The summed E-state index contributed by atoms with van der Waals surface area (Å²) in [6.45, 7) is 0.507. The highest BCUT2D eigenvalue weighted by Gasteiger charge is 2.40. The second-order valence-electron chi connectivity index (χ2n) is 9.50. The van der Waals surface area contributed by atoms with Gasteiger partial charge in [0.15, 0.2) is 0 Å². The molecule has 1 unspecified atom stereocenters. The number of piperidine rings is 2. The van der Waals surface area contributed by atoms with Gasteiger partial charge in [-0.05, 0) is 66.6 Å². The van der Waals surface area contributed by atoms with Crippen molar-refractivity contribution in [2.75, 3.05) is 13.1 Å². The number of carbonyl (C=O) groups excluding carboxylic acids is 4. The Labute approximate surface area is 212 Å². The van der Waals surface area contributed by atoms with E-state index in [0.29, 0.717) is 24.0 Å². The predicted octanol–water partition coefficient (Wildman–Crippen LogP) is 1.25. The van der Waals surface area contributed by atoms with E-state index in [4.69, 9.17) is 5.73 Å². The van der Waals surface area contributed by atoms with Crippen LogP contribution in [0.25, 0.3) is 0 Å². The van der Waals surface area contributed by atoms with E-state index in [1.165, 1.54) is 39.5 Å². The van der Waals surface area contributed by atoms with E-state index in [0.717, 1.165) is 0 Å². The van der Waals surface area contributed by atoms with E-state index in [-0.39, 0.29) is 60.3 Å². The maximum Gasteiger partial charge on any atom is 0.255 e. The SMILES string of the molecule is NC(=O)c1ccc(S(=O)(=O)N2CCC(c3cc4c(cc3F)C(=O)N(C3CCC(=O)NC3=O)C4)CC2)cc1. The van der Waals surface area contributed by atoms with Gasteiger partial charge in [0.25, 0.3) is 5.91 Å². The van der Waals surface area contributed by atoms with Crippen LogP contribution in [0.15, 0.2) is 41.3 Å². The Morgan fingerprint density at radius 3 is 2.32 bits per heavy atom. The fourth-order valence-corrected chi connectivity index (χ4v) is 6.74. The zero-order valence-electron chi connectivity index (χ0n) is 19.8. The molecule has 0 saturated carbocycles. The van der Waals surface area contributed by atoms with Crippen LogP contribution >= 0.6 is 0 Å². The number of hydrogen-bond acceptors (Lipinski definition) is 6. The van der Waals surface area contributed by atoms with E-state index < -0.39 is 39.6 Å². The van der Waals surface area contributed by atoms with Gasteiger partial charge in [0, 0.05) is 37.2 Å². The number of nitrogens with two attached hydrogens (primary N) is 1. The minimum atomic E-state index is -3.79. The molecule has 2 aromatic carbocycles. The van der Waals surface area contributed by atoms with Crippen molar-refractivity contribution in [1.82, 2.24) is 14.5 Å². The largest absolute Gasteiger partial charge is 0.366 e. The van der Waals surface area contributed by atoms with Crippen LogP contribution in [0.2, 0.25) is 0 Å². The van der Waals surface area contributed by atoms with Gasteiger partial charge in [-0.25, -0.2) is 12.8 Å². The molecular weight excluding hydrogens is 503 g/mol. The van der Waals surface area contributed by atoms with Gasteiger partial charge >= 0.3 is 0 Å². The predicted molar refractivity (Wildman–Crippen MR) is 128 cm³/mol. The number of carbonyl (C=O) groups is 4. The summed E-state index contributed by atoms with van der Waals surface area (Å²) in [7, 11) is -3.79. The summed E-state index contributed by atoms with van der Waals surface area (Å²) in [5.41, 5.74) is 6.65. The molecule has 12 heteroatoms. The summed E-state index contributed by atoms with van der Waals surface area (Å²) in [5.74, 6) is -2.79. The van der Waals surface area contributed by atoms with Crippen LogP contribution in [-0.4, -0.2) is 60.4 Å². The molecule has 10 nitrogen and oxygen atoms in total. The van der Waals surface area contributed by atoms with Crippen molar-refractivity contribution in [3.8, 4) is 0 Å². The molecule has 0 aliphatic carbocycles. The first-order chi connectivity index (χ1) is 17.6. The first-order valence-corrected chi connectivity index (χ1v) is 13.4. The van der Waals surface area contributed by atoms with Gasteiger partial charge in [0.1, 0.15) is 11.9 Å². The van der Waals surface area contributed by atoms with Crippen molar-refractivity contribution in [2.24, 2.45) is 5.73 Å². The molecule has 0 radical (unpaired) electrons. The van der Waals surface area contributed by atoms with Crippen LogP contribution in [-0.2, 0) is 26.2 Å². The van der Waals surface area contributed by atoms with Gasteiger partial charge in [-0.3, -0.25) is 24.5 Å². The molecule has 3 N–H and O–H groups in total. The first-order valence-electron chi connectivity index (χ1n) is 11.9. The molecule has 0 aromatic heterocycles. The molecule has 37 heavy (non-hydrogen) atoms. The molecule has 3 aliphatic heterocycles. The molecule has 5 rings (SSSR count). The second kappa shape index (κ2) is 9.34. The van der Waals surface area contributed by atoms with Crippen LogP contribution in [0.5, 0.6) is 0 Å². The summed E-state index contributed by atoms with van der Waals surface area (Å²) in [6.07, 6.45) is 1.13. The quantitative estimate of drug-likeness (QED) is 0.559. The van der Waals surface area contributed by atoms with Crippen molar-refractivity contribution in [3.63, 3.8) is 0 Å². The Morgan fingerprint density at radius 2 is 1.70 bits per heavy atom. The maximum absolute atomic E-state index is 15.1. The van der Waals surface area contributed by atoms with Gasteiger partial charge in [0.05, 0.1) is 4.90 Å². The number of halogens is 1. The van der Waals surface area contributed by atoms with Crippen LogP contribution in [0.4, 0.5) is 4.39 Å². The number of nitrogens with zero attached hydrogens (tertiary/aromatic N) is 2. The highest BCUT2D eigenvalue weighted by Crippen LogP contribution is 2.36. The van der Waals surface area contributed by atoms with Crippen LogP contribution in [0.1, 0.15) is 63.4 Å². The number of nitrogens with one attached hydrogen (secondary N) is 1. The van der Waals surface area contributed by atoms with Crippen LogP contribution < -0.4 is 11.1 Å². The normalized spacial score (nSPS) is 21.2. The molecule has 0 bridgehead atoms. The topological polar surface area (TPSA) is 147 Å². The lowest BCUT2D eigenvalue weighted by Crippen LogP contribution is -2.52. The number of amides is 4. The van der Waals surface area contributed by atoms with Gasteiger partial charge < -0.3 is 10.6 Å². The standard InChI is InChI=1S/C25H25FN4O6S/c26-20-12-19-16(13-30(25(19)34)21-5-6-22(31)28-24(21)33)11-18(20)14-7-9-29(10-8-14)37(35,36)17-3-1-15(2-4-17)23(27)32/h1-4,11-12,14,21H,5-10,13H2,(H2,27,32)(H,28,31,33). The fraction of sp³-hybridized carbons (Fsp3) is 0.360. The number of benzene rings is 2. The van der Waals surface area contributed by atoms with Gasteiger partial charge in [-0.15, -0.1) is 0 Å². The lowest BCUT2D eigenvalue weighted by atomic mass is 9.88. The van der Waals surface area contributed by atoms with Crippen molar-refractivity contribution in [3.05, 3.63) is 64.5 Å². The zero-order chi connectivity index (χ0) is 26.5. The Hall–Kier alpha value is -3.64. The Kier molecular flexibility index (Phi) is 6.32. The average molecular weight is 529 g/mol. The molecular formula is C25H25FN4O6S. The van der Waals surface area contributed by atoms with Crippen molar-refractivity contribution >= 4 is 33.7 Å². The Balaban J connectivity index is 1.29. The van der Waals surface area contributed by atoms with E-state index in [1.54, 1.807) is 6.07 Å². The van der Waals surface area contributed by atoms with Crippen molar-refractivity contribution < 1.29 is 32.0 Å². The molecule has 0 spiro atoms. The number of rotatable bonds is 5. The van der Waals surface area contributed by atoms with Crippen molar-refractivity contribution in [2.45, 2.75) is 49.1 Å². The Morgan fingerprint density at radius 1 is 1.03 bits per heavy atom. The molecule has 3 aliphatic rings. The zero-order valence-corrected chi connectivity index (χ0v) is 20.6. The molecule has 3 heterocycles. The summed E-state index contributed by atoms with van der Waals surface area (Å²) in [6, 6.07) is 7.46. The summed E-state index contributed by atoms with van der Waals surface area (Å²) in [5, 5.41) is 2.24. The molecule has 2 aromatic rings. The average Bonchev–Trinajstić information content (AvgIpc) is 3.18. The Bertz CT molecular complexity index is 1420. The van der Waals surface area contributed by atoms with E-state index >= 15 is 4.39 Å². The highest BCUT2D eigenvalue weighted by atomic mass is 32.2. The van der Waals surface area contributed by atoms with Gasteiger partial charge in [-0.1, -0.05) is 6.07 Å².